The quantitative estimate of drug-likeness (QED) is 0.866. The molecule has 1 fully saturated rings. The molecule has 21 heavy (non-hydrogen) atoms. The fourth-order valence-corrected chi connectivity index (χ4v) is 3.42. The SMILES string of the molecule is Cc1cc2oc(=O)cc(C[NH+]3CCCC[C@@H]3C)c2cc1Cl. The lowest BCUT2D eigenvalue weighted by atomic mass is 10.0. The lowest BCUT2D eigenvalue weighted by Gasteiger charge is -2.30. The van der Waals surface area contributed by atoms with Crippen LogP contribution in [0.25, 0.3) is 11.0 Å². The number of piperidine rings is 1. The highest BCUT2D eigenvalue weighted by atomic mass is 35.5. The van der Waals surface area contributed by atoms with Gasteiger partial charge in [-0.05, 0) is 50.8 Å². The van der Waals surface area contributed by atoms with E-state index in [1.54, 1.807) is 11.0 Å². The summed E-state index contributed by atoms with van der Waals surface area (Å²) in [5, 5.41) is 1.69. The molecule has 4 heteroatoms. The van der Waals surface area contributed by atoms with Crippen molar-refractivity contribution < 1.29 is 9.32 Å². The molecule has 0 radical (unpaired) electrons. The zero-order valence-electron chi connectivity index (χ0n) is 12.5. The molecule has 1 unspecified atom stereocenters. The van der Waals surface area contributed by atoms with Gasteiger partial charge in [-0.15, -0.1) is 0 Å². The molecule has 0 bridgehead atoms. The number of fused-ring (bicyclic) bond motifs is 1. The molecule has 2 atom stereocenters. The minimum atomic E-state index is -0.275. The lowest BCUT2D eigenvalue weighted by Crippen LogP contribution is -3.14. The van der Waals surface area contributed by atoms with Crippen LogP contribution in [0.15, 0.2) is 27.4 Å². The van der Waals surface area contributed by atoms with E-state index in [1.807, 2.05) is 19.1 Å². The normalized spacial score (nSPS) is 22.6. The molecule has 0 spiro atoms. The van der Waals surface area contributed by atoms with E-state index in [4.69, 9.17) is 16.0 Å². The average Bonchev–Trinajstić information content (AvgIpc) is 2.43. The maximum atomic E-state index is 11.8. The zero-order chi connectivity index (χ0) is 15.0. The highest BCUT2D eigenvalue weighted by molar-refractivity contribution is 6.32. The summed E-state index contributed by atoms with van der Waals surface area (Å²) in [6, 6.07) is 6.06. The number of rotatable bonds is 2. The first-order valence-electron chi connectivity index (χ1n) is 7.62. The number of benzene rings is 1. The van der Waals surface area contributed by atoms with E-state index in [2.05, 4.69) is 6.92 Å². The van der Waals surface area contributed by atoms with Gasteiger partial charge < -0.3 is 9.32 Å². The van der Waals surface area contributed by atoms with E-state index < -0.39 is 0 Å². The van der Waals surface area contributed by atoms with Crippen LogP contribution >= 0.6 is 11.6 Å². The molecule has 1 N–H and O–H groups in total. The van der Waals surface area contributed by atoms with Crippen LogP contribution in [0.2, 0.25) is 5.02 Å². The zero-order valence-corrected chi connectivity index (χ0v) is 13.3. The van der Waals surface area contributed by atoms with Gasteiger partial charge in [-0.3, -0.25) is 0 Å². The van der Waals surface area contributed by atoms with Crippen LogP contribution in [0.3, 0.4) is 0 Å². The Morgan fingerprint density at radius 2 is 2.14 bits per heavy atom. The molecule has 3 nitrogen and oxygen atoms in total. The average molecular weight is 307 g/mol. The number of hydrogen-bond donors (Lipinski definition) is 1. The summed E-state index contributed by atoms with van der Waals surface area (Å²) in [5.74, 6) is 0. The van der Waals surface area contributed by atoms with Crippen LogP contribution in [0.5, 0.6) is 0 Å². The Morgan fingerprint density at radius 3 is 2.90 bits per heavy atom. The van der Waals surface area contributed by atoms with Gasteiger partial charge in [0.25, 0.3) is 0 Å². The highest BCUT2D eigenvalue weighted by Gasteiger charge is 2.23. The molecule has 2 aromatic rings. The largest absolute Gasteiger partial charge is 0.423 e. The van der Waals surface area contributed by atoms with Crippen molar-refractivity contribution in [3.05, 3.63) is 44.8 Å². The number of halogens is 1. The van der Waals surface area contributed by atoms with Crippen molar-refractivity contribution in [1.82, 2.24) is 0 Å². The standard InChI is InChI=1S/C17H20ClNO2/c1-11-7-16-14(9-15(11)18)13(8-17(20)21-16)10-19-6-4-3-5-12(19)2/h7-9,12H,3-6,10H2,1-2H3/p+1/t12-/m0/s1. The van der Waals surface area contributed by atoms with Gasteiger partial charge in [-0.1, -0.05) is 11.6 Å². The first-order valence-corrected chi connectivity index (χ1v) is 8.00. The Balaban J connectivity index is 2.04. The van der Waals surface area contributed by atoms with E-state index in [0.29, 0.717) is 11.6 Å². The molecule has 1 aliphatic rings. The van der Waals surface area contributed by atoms with E-state index in [1.165, 1.54) is 25.8 Å². The summed E-state index contributed by atoms with van der Waals surface area (Å²) < 4.78 is 5.33. The van der Waals surface area contributed by atoms with Gasteiger partial charge in [0, 0.05) is 22.0 Å². The van der Waals surface area contributed by atoms with Crippen LogP contribution < -0.4 is 10.5 Å². The smallest absolute Gasteiger partial charge is 0.336 e. The van der Waals surface area contributed by atoms with Crippen LogP contribution in [0.4, 0.5) is 0 Å². The molecule has 1 aliphatic heterocycles. The third-order valence-electron chi connectivity index (χ3n) is 4.61. The van der Waals surface area contributed by atoms with Crippen LogP contribution in [-0.2, 0) is 6.54 Å². The van der Waals surface area contributed by atoms with Crippen LogP contribution in [0.1, 0.15) is 37.3 Å². The molecular formula is C17H21ClNO2+. The Bertz CT molecular complexity index is 723. The lowest BCUT2D eigenvalue weighted by molar-refractivity contribution is -0.941. The molecule has 1 saturated heterocycles. The van der Waals surface area contributed by atoms with Gasteiger partial charge in [-0.2, -0.15) is 0 Å². The Kier molecular flexibility index (Phi) is 4.05. The fraction of sp³-hybridized carbons (Fsp3) is 0.471. The van der Waals surface area contributed by atoms with Crippen molar-refractivity contribution in [2.24, 2.45) is 0 Å². The second-order valence-electron chi connectivity index (χ2n) is 6.17. The van der Waals surface area contributed by atoms with Crippen LogP contribution in [0, 0.1) is 6.92 Å². The van der Waals surface area contributed by atoms with E-state index in [0.717, 1.165) is 28.1 Å². The molecule has 2 heterocycles. The summed E-state index contributed by atoms with van der Waals surface area (Å²) in [6.45, 7) is 6.25. The predicted octanol–water partition coefficient (Wildman–Crippen LogP) is 2.71. The molecule has 0 aliphatic carbocycles. The van der Waals surface area contributed by atoms with Crippen molar-refractivity contribution in [3.63, 3.8) is 0 Å². The molecular weight excluding hydrogens is 286 g/mol. The van der Waals surface area contributed by atoms with E-state index >= 15 is 0 Å². The van der Waals surface area contributed by atoms with Crippen molar-refractivity contribution in [1.29, 1.82) is 0 Å². The van der Waals surface area contributed by atoms with Crippen LogP contribution in [-0.4, -0.2) is 12.6 Å². The third kappa shape index (κ3) is 2.99. The number of quaternary nitrogens is 1. The molecule has 112 valence electrons. The molecule has 0 saturated carbocycles. The van der Waals surface area contributed by atoms with Gasteiger partial charge >= 0.3 is 5.63 Å². The maximum Gasteiger partial charge on any atom is 0.336 e. The summed E-state index contributed by atoms with van der Waals surface area (Å²) in [4.78, 5) is 13.4. The summed E-state index contributed by atoms with van der Waals surface area (Å²) in [6.07, 6.45) is 3.83. The predicted molar refractivity (Wildman–Crippen MR) is 85.1 cm³/mol. The van der Waals surface area contributed by atoms with Gasteiger partial charge in [0.1, 0.15) is 12.1 Å². The summed E-state index contributed by atoms with van der Waals surface area (Å²) >= 11 is 6.24. The first kappa shape index (κ1) is 14.6. The number of likely N-dealkylation sites (tertiary alicyclic amines) is 1. The Labute approximate surface area is 129 Å². The number of aryl methyl sites for hydroxylation is 1. The maximum absolute atomic E-state index is 11.8. The van der Waals surface area contributed by atoms with Gasteiger partial charge in [0.15, 0.2) is 0 Å². The van der Waals surface area contributed by atoms with Gasteiger partial charge in [0.05, 0.1) is 12.6 Å². The van der Waals surface area contributed by atoms with Gasteiger partial charge in [0.2, 0.25) is 0 Å². The van der Waals surface area contributed by atoms with Crippen molar-refractivity contribution in [3.8, 4) is 0 Å². The van der Waals surface area contributed by atoms with E-state index in [-0.39, 0.29) is 5.63 Å². The topological polar surface area (TPSA) is 34.6 Å². The summed E-state index contributed by atoms with van der Waals surface area (Å²) in [7, 11) is 0. The number of hydrogen-bond acceptors (Lipinski definition) is 2. The Morgan fingerprint density at radius 1 is 1.33 bits per heavy atom. The highest BCUT2D eigenvalue weighted by Crippen LogP contribution is 2.25. The molecule has 1 aromatic carbocycles. The van der Waals surface area contributed by atoms with Crippen molar-refractivity contribution in [2.45, 2.75) is 45.7 Å². The fourth-order valence-electron chi connectivity index (χ4n) is 3.25. The second kappa shape index (κ2) is 5.82. The third-order valence-corrected chi connectivity index (χ3v) is 5.02. The monoisotopic (exact) mass is 306 g/mol. The minimum absolute atomic E-state index is 0.275. The van der Waals surface area contributed by atoms with E-state index in [9.17, 15) is 4.79 Å². The molecule has 3 rings (SSSR count). The van der Waals surface area contributed by atoms with Gasteiger partial charge in [-0.25, -0.2) is 4.79 Å². The summed E-state index contributed by atoms with van der Waals surface area (Å²) in [5.41, 5.74) is 2.35. The Hall–Kier alpha value is -1.32. The molecule has 1 aromatic heterocycles. The second-order valence-corrected chi connectivity index (χ2v) is 6.58. The minimum Gasteiger partial charge on any atom is -0.423 e. The molecule has 0 amide bonds. The first-order chi connectivity index (χ1) is 10.0. The van der Waals surface area contributed by atoms with Crippen molar-refractivity contribution >= 4 is 22.6 Å². The number of nitrogens with one attached hydrogen (secondary N) is 1. The van der Waals surface area contributed by atoms with Crippen molar-refractivity contribution in [2.75, 3.05) is 6.54 Å².